The minimum absolute atomic E-state index is 0.0467. The van der Waals surface area contributed by atoms with Gasteiger partial charge in [0.25, 0.3) is 0 Å². The third kappa shape index (κ3) is 4.89. The molecule has 0 bridgehead atoms. The van der Waals surface area contributed by atoms with Crippen LogP contribution in [0.5, 0.6) is 11.5 Å². The summed E-state index contributed by atoms with van der Waals surface area (Å²) < 4.78 is 27.2. The SMILES string of the molecule is O=[P](O)([Zn][P](=O)(O)c1ccccc1-c1ccccc1O)c1ccccc1-c1ccccc1O. The van der Waals surface area contributed by atoms with Crippen molar-refractivity contribution in [3.05, 3.63) is 97.1 Å². The van der Waals surface area contributed by atoms with Crippen LogP contribution in [0, 0.1) is 0 Å². The van der Waals surface area contributed by atoms with Crippen LogP contribution in [0.4, 0.5) is 0 Å². The van der Waals surface area contributed by atoms with Gasteiger partial charge in [0.1, 0.15) is 0 Å². The van der Waals surface area contributed by atoms with E-state index in [1.165, 1.54) is 24.3 Å². The third-order valence-corrected chi connectivity index (χ3v) is 29.5. The van der Waals surface area contributed by atoms with E-state index in [4.69, 9.17) is 0 Å². The van der Waals surface area contributed by atoms with Gasteiger partial charge in [-0.05, 0) is 0 Å². The molecule has 6 nitrogen and oxygen atoms in total. The summed E-state index contributed by atoms with van der Waals surface area (Å²) in [6.45, 7) is 0. The van der Waals surface area contributed by atoms with E-state index in [2.05, 4.69) is 0 Å². The Bertz CT molecular complexity index is 1310. The first-order valence-corrected chi connectivity index (χ1v) is 21.8. The number of rotatable bonds is 6. The predicted octanol–water partition coefficient (Wildman–Crippen LogP) is 4.84. The fourth-order valence-corrected chi connectivity index (χ4v) is 27.9. The summed E-state index contributed by atoms with van der Waals surface area (Å²) in [4.78, 5) is 22.2. The molecule has 164 valence electrons. The van der Waals surface area contributed by atoms with Gasteiger partial charge in [0.2, 0.25) is 0 Å². The van der Waals surface area contributed by atoms with Crippen molar-refractivity contribution in [1.29, 1.82) is 0 Å². The number of hydrogen-bond donors (Lipinski definition) is 4. The molecule has 4 N–H and O–H groups in total. The van der Waals surface area contributed by atoms with E-state index in [-0.39, 0.29) is 22.1 Å². The molecular weight excluding hydrogens is 512 g/mol. The fraction of sp³-hybridized carbons (Fsp3) is 0. The van der Waals surface area contributed by atoms with E-state index in [9.17, 15) is 29.1 Å². The molecule has 0 fully saturated rings. The molecule has 0 aromatic heterocycles. The molecule has 0 aliphatic carbocycles. The third-order valence-electron chi connectivity index (χ3n) is 5.33. The van der Waals surface area contributed by atoms with Gasteiger partial charge in [0.15, 0.2) is 0 Å². The zero-order chi connectivity index (χ0) is 23.6. The Balaban J connectivity index is 1.79. The van der Waals surface area contributed by atoms with Gasteiger partial charge in [-0.15, -0.1) is 0 Å². The van der Waals surface area contributed by atoms with Crippen molar-refractivity contribution < 1.29 is 45.3 Å². The molecule has 9 heteroatoms. The van der Waals surface area contributed by atoms with Gasteiger partial charge in [-0.1, -0.05) is 0 Å². The van der Waals surface area contributed by atoms with Crippen molar-refractivity contribution >= 4 is 22.0 Å². The van der Waals surface area contributed by atoms with Crippen LogP contribution < -0.4 is 10.6 Å². The first kappa shape index (κ1) is 23.6. The zero-order valence-electron chi connectivity index (χ0n) is 17.4. The Morgan fingerprint density at radius 1 is 0.485 bits per heavy atom. The monoisotopic (exact) mass is 530 g/mol. The molecule has 4 aromatic rings. The van der Waals surface area contributed by atoms with E-state index in [0.29, 0.717) is 22.3 Å². The normalized spacial score (nSPS) is 14.6. The fourth-order valence-electron chi connectivity index (χ4n) is 3.83. The summed E-state index contributed by atoms with van der Waals surface area (Å²) in [5, 5.41) is 20.7. The van der Waals surface area contributed by atoms with Gasteiger partial charge in [-0.2, -0.15) is 0 Å². The number of phenols is 2. The molecule has 4 aromatic carbocycles. The topological polar surface area (TPSA) is 115 Å². The predicted molar refractivity (Wildman–Crippen MR) is 126 cm³/mol. The van der Waals surface area contributed by atoms with Gasteiger partial charge in [0, 0.05) is 0 Å². The maximum absolute atomic E-state index is 13.6. The molecule has 0 saturated carbocycles. The molecule has 2 unspecified atom stereocenters. The molecule has 0 aliphatic rings. The molecule has 33 heavy (non-hydrogen) atoms. The van der Waals surface area contributed by atoms with Crippen molar-refractivity contribution in [3.63, 3.8) is 0 Å². The second kappa shape index (κ2) is 9.39. The van der Waals surface area contributed by atoms with Crippen molar-refractivity contribution in [2.45, 2.75) is 0 Å². The van der Waals surface area contributed by atoms with Gasteiger partial charge in [-0.3, -0.25) is 0 Å². The Hall–Kier alpha value is -2.52. The minimum atomic E-state index is -4.18. The Labute approximate surface area is 197 Å². The quantitative estimate of drug-likeness (QED) is 0.209. The summed E-state index contributed by atoms with van der Waals surface area (Å²) in [5.41, 5.74) is -6.87. The number of para-hydroxylation sites is 2. The first-order chi connectivity index (χ1) is 15.7. The summed E-state index contributed by atoms with van der Waals surface area (Å²) in [6.07, 6.45) is 0. The molecule has 2 atom stereocenters. The van der Waals surface area contributed by atoms with Crippen LogP contribution >= 0.6 is 11.4 Å². The average Bonchev–Trinajstić information content (AvgIpc) is 2.79. The first-order valence-electron chi connectivity index (χ1n) is 10.1. The standard InChI is InChI=1S/2C12H9O3P.Zn/c2*13-11-7-3-1-5-9(11)10-6-2-4-8-12(10)16(14)15;/h2*1-8H,(H-,13,14,15);/q;;-2/p+2. The summed E-state index contributed by atoms with van der Waals surface area (Å²) in [6, 6.07) is 25.7. The van der Waals surface area contributed by atoms with E-state index < -0.39 is 27.6 Å². The van der Waals surface area contributed by atoms with E-state index in [0.717, 1.165) is 0 Å². The summed E-state index contributed by atoms with van der Waals surface area (Å²) in [5.74, 6) is -0.0935. The second-order valence-corrected chi connectivity index (χ2v) is 28.6. The molecule has 0 spiro atoms. The molecule has 0 amide bonds. The number of aromatic hydroxyl groups is 2. The maximum atomic E-state index is 13.6. The van der Waals surface area contributed by atoms with Crippen LogP contribution in [-0.2, 0) is 25.3 Å². The van der Waals surface area contributed by atoms with Crippen molar-refractivity contribution in [2.24, 2.45) is 0 Å². The van der Waals surface area contributed by atoms with Crippen LogP contribution in [0.25, 0.3) is 22.3 Å². The number of phenolic OH excluding ortho intramolecular Hbond substituents is 2. The summed E-state index contributed by atoms with van der Waals surface area (Å²) >= 11 is -3.13. The van der Waals surface area contributed by atoms with Crippen molar-refractivity contribution in [1.82, 2.24) is 0 Å². The van der Waals surface area contributed by atoms with Crippen LogP contribution in [-0.4, -0.2) is 20.0 Å². The van der Waals surface area contributed by atoms with Crippen LogP contribution in [0.1, 0.15) is 0 Å². The van der Waals surface area contributed by atoms with E-state index in [1.54, 1.807) is 72.8 Å². The van der Waals surface area contributed by atoms with Gasteiger partial charge in [-0.25, -0.2) is 0 Å². The summed E-state index contributed by atoms with van der Waals surface area (Å²) in [7, 11) is 0. The van der Waals surface area contributed by atoms with Crippen LogP contribution in [0.2, 0.25) is 0 Å². The van der Waals surface area contributed by atoms with Crippen molar-refractivity contribution in [2.75, 3.05) is 0 Å². The Morgan fingerprint density at radius 3 is 1.15 bits per heavy atom. The molecular formula is C24H20O6P2Zn. The number of hydrogen-bond acceptors (Lipinski definition) is 4. The Morgan fingerprint density at radius 2 is 0.788 bits per heavy atom. The van der Waals surface area contributed by atoms with Gasteiger partial charge >= 0.3 is 198 Å². The Kier molecular flexibility index (Phi) is 6.72. The molecule has 0 heterocycles. The van der Waals surface area contributed by atoms with Crippen molar-refractivity contribution in [3.8, 4) is 33.8 Å². The molecule has 0 saturated heterocycles. The zero-order valence-corrected chi connectivity index (χ0v) is 22.2. The molecule has 0 aliphatic heterocycles. The second-order valence-electron chi connectivity index (χ2n) is 7.61. The van der Waals surface area contributed by atoms with E-state index >= 15 is 0 Å². The molecule has 4 rings (SSSR count). The van der Waals surface area contributed by atoms with Crippen LogP contribution in [0.3, 0.4) is 0 Å². The van der Waals surface area contributed by atoms with Gasteiger partial charge in [0.05, 0.1) is 0 Å². The van der Waals surface area contributed by atoms with Crippen LogP contribution in [0.15, 0.2) is 97.1 Å². The average molecular weight is 532 g/mol. The van der Waals surface area contributed by atoms with E-state index in [1.807, 2.05) is 0 Å². The van der Waals surface area contributed by atoms with Gasteiger partial charge < -0.3 is 0 Å². The number of benzene rings is 4. The molecule has 0 radical (unpaired) electrons.